The third-order valence-corrected chi connectivity index (χ3v) is 3.45. The molecule has 4 nitrogen and oxygen atoms in total. The maximum Gasteiger partial charge on any atom is 0.238 e. The van der Waals surface area contributed by atoms with Gasteiger partial charge in [0, 0.05) is 5.39 Å². The Morgan fingerprint density at radius 2 is 1.90 bits per heavy atom. The Balaban J connectivity index is 0.00000220. The lowest BCUT2D eigenvalue weighted by Gasteiger charge is -2.27. The minimum atomic E-state index is -0.547. The molecule has 1 amide bonds. The summed E-state index contributed by atoms with van der Waals surface area (Å²) in [5.74, 6) is 0.575. The highest BCUT2D eigenvalue weighted by Gasteiger charge is 2.28. The first-order chi connectivity index (χ1) is 9.29. The molecule has 1 heterocycles. The SMILES string of the molecule is CC(NC(=O)[C@@H](N)C(C)(C)C)c1cc2ccccc2o1.Cl. The van der Waals surface area contributed by atoms with Crippen LogP contribution in [0, 0.1) is 5.41 Å². The van der Waals surface area contributed by atoms with Crippen LogP contribution in [0.15, 0.2) is 34.7 Å². The van der Waals surface area contributed by atoms with E-state index in [9.17, 15) is 4.79 Å². The van der Waals surface area contributed by atoms with E-state index in [0.29, 0.717) is 0 Å². The van der Waals surface area contributed by atoms with Crippen LogP contribution in [0.5, 0.6) is 0 Å². The Labute approximate surface area is 131 Å². The van der Waals surface area contributed by atoms with Gasteiger partial charge in [-0.3, -0.25) is 4.79 Å². The average Bonchev–Trinajstić information content (AvgIpc) is 2.80. The molecule has 1 unspecified atom stereocenters. The summed E-state index contributed by atoms with van der Waals surface area (Å²) in [5, 5.41) is 3.94. The Morgan fingerprint density at radius 3 is 2.48 bits per heavy atom. The molecule has 0 spiro atoms. The molecule has 0 aliphatic heterocycles. The second-order valence-corrected chi connectivity index (χ2v) is 6.26. The summed E-state index contributed by atoms with van der Waals surface area (Å²) in [6.07, 6.45) is 0. The van der Waals surface area contributed by atoms with Crippen LogP contribution in [0.3, 0.4) is 0 Å². The molecule has 0 bridgehead atoms. The van der Waals surface area contributed by atoms with E-state index >= 15 is 0 Å². The molecule has 21 heavy (non-hydrogen) atoms. The van der Waals surface area contributed by atoms with Crippen molar-refractivity contribution < 1.29 is 9.21 Å². The minimum Gasteiger partial charge on any atom is -0.459 e. The summed E-state index contributed by atoms with van der Waals surface area (Å²) in [6.45, 7) is 7.74. The first-order valence-electron chi connectivity index (χ1n) is 6.83. The minimum absolute atomic E-state index is 0. The van der Waals surface area contributed by atoms with E-state index in [1.807, 2.05) is 58.0 Å². The smallest absolute Gasteiger partial charge is 0.238 e. The molecule has 1 aromatic heterocycles. The number of rotatable bonds is 3. The summed E-state index contributed by atoms with van der Waals surface area (Å²) >= 11 is 0. The molecule has 116 valence electrons. The molecule has 0 aliphatic carbocycles. The zero-order valence-corrected chi connectivity index (χ0v) is 13.7. The van der Waals surface area contributed by atoms with Gasteiger partial charge in [-0.2, -0.15) is 0 Å². The standard InChI is InChI=1S/C16H22N2O2.ClH/c1-10(18-15(19)14(17)16(2,3)4)13-9-11-7-5-6-8-12(11)20-13;/h5-10,14H,17H2,1-4H3,(H,18,19);1H/t10?,14-;/m1./s1. The summed E-state index contributed by atoms with van der Waals surface area (Å²) < 4.78 is 5.74. The van der Waals surface area contributed by atoms with Gasteiger partial charge in [0.15, 0.2) is 0 Å². The predicted molar refractivity (Wildman–Crippen MR) is 87.5 cm³/mol. The van der Waals surface area contributed by atoms with Crippen molar-refractivity contribution in [3.8, 4) is 0 Å². The fraction of sp³-hybridized carbons (Fsp3) is 0.438. The molecule has 3 N–H and O–H groups in total. The van der Waals surface area contributed by atoms with E-state index in [-0.39, 0.29) is 29.8 Å². The Bertz CT molecular complexity index is 583. The highest BCUT2D eigenvalue weighted by atomic mass is 35.5. The van der Waals surface area contributed by atoms with Crippen LogP contribution in [-0.4, -0.2) is 11.9 Å². The van der Waals surface area contributed by atoms with E-state index in [2.05, 4.69) is 5.32 Å². The molecular weight excluding hydrogens is 288 g/mol. The maximum atomic E-state index is 12.1. The van der Waals surface area contributed by atoms with Gasteiger partial charge >= 0.3 is 0 Å². The largest absolute Gasteiger partial charge is 0.459 e. The molecular formula is C16H23ClN2O2. The number of benzene rings is 1. The number of nitrogens with one attached hydrogen (secondary N) is 1. The van der Waals surface area contributed by atoms with Crippen molar-refractivity contribution in [2.75, 3.05) is 0 Å². The van der Waals surface area contributed by atoms with E-state index in [1.54, 1.807) is 0 Å². The van der Waals surface area contributed by atoms with Crippen molar-refractivity contribution in [3.63, 3.8) is 0 Å². The number of hydrogen-bond acceptors (Lipinski definition) is 3. The lowest BCUT2D eigenvalue weighted by Crippen LogP contribution is -2.49. The number of nitrogens with two attached hydrogens (primary N) is 1. The van der Waals surface area contributed by atoms with Crippen molar-refractivity contribution in [1.82, 2.24) is 5.32 Å². The van der Waals surface area contributed by atoms with E-state index in [0.717, 1.165) is 16.7 Å². The van der Waals surface area contributed by atoms with E-state index in [4.69, 9.17) is 10.2 Å². The number of carbonyl (C=O) groups is 1. The number of fused-ring (bicyclic) bond motifs is 1. The Morgan fingerprint density at radius 1 is 1.29 bits per heavy atom. The second-order valence-electron chi connectivity index (χ2n) is 6.26. The zero-order valence-electron chi connectivity index (χ0n) is 12.8. The van der Waals surface area contributed by atoms with Gasteiger partial charge in [0.2, 0.25) is 5.91 Å². The first-order valence-corrected chi connectivity index (χ1v) is 6.83. The number of amides is 1. The lowest BCUT2D eigenvalue weighted by molar-refractivity contribution is -0.125. The number of furan rings is 1. The van der Waals surface area contributed by atoms with Gasteiger partial charge in [-0.1, -0.05) is 39.0 Å². The highest BCUT2D eigenvalue weighted by Crippen LogP contribution is 2.24. The Kier molecular flexibility index (Phi) is 5.42. The van der Waals surface area contributed by atoms with Crippen molar-refractivity contribution in [2.45, 2.75) is 39.8 Å². The summed E-state index contributed by atoms with van der Waals surface area (Å²) in [4.78, 5) is 12.1. The third kappa shape index (κ3) is 3.99. The molecule has 2 rings (SSSR count). The fourth-order valence-electron chi connectivity index (χ4n) is 1.98. The number of para-hydroxylation sites is 1. The topological polar surface area (TPSA) is 68.3 Å². The van der Waals surface area contributed by atoms with Crippen LogP contribution in [-0.2, 0) is 4.79 Å². The second kappa shape index (κ2) is 6.50. The maximum absolute atomic E-state index is 12.1. The summed E-state index contributed by atoms with van der Waals surface area (Å²) in [6, 6.07) is 8.97. The fourth-order valence-corrected chi connectivity index (χ4v) is 1.98. The van der Waals surface area contributed by atoms with Crippen molar-refractivity contribution in [3.05, 3.63) is 36.1 Å². The molecule has 0 radical (unpaired) electrons. The van der Waals surface area contributed by atoms with Gasteiger partial charge in [0.05, 0.1) is 12.1 Å². The van der Waals surface area contributed by atoms with Gasteiger partial charge < -0.3 is 15.5 Å². The number of halogens is 1. The van der Waals surface area contributed by atoms with Gasteiger partial charge in [0.1, 0.15) is 11.3 Å². The average molecular weight is 311 g/mol. The van der Waals surface area contributed by atoms with Crippen molar-refractivity contribution >= 4 is 29.3 Å². The van der Waals surface area contributed by atoms with Crippen LogP contribution in [0.4, 0.5) is 0 Å². The quantitative estimate of drug-likeness (QED) is 0.913. The zero-order chi connectivity index (χ0) is 14.9. The van der Waals surface area contributed by atoms with Gasteiger partial charge in [-0.05, 0) is 24.5 Å². The van der Waals surface area contributed by atoms with Crippen LogP contribution in [0.1, 0.15) is 39.5 Å². The number of carbonyl (C=O) groups excluding carboxylic acids is 1. The highest BCUT2D eigenvalue weighted by molar-refractivity contribution is 5.85. The van der Waals surface area contributed by atoms with E-state index in [1.165, 1.54) is 0 Å². The van der Waals surface area contributed by atoms with Crippen LogP contribution >= 0.6 is 12.4 Å². The molecule has 0 aliphatic rings. The summed E-state index contributed by atoms with van der Waals surface area (Å²) in [7, 11) is 0. The summed E-state index contributed by atoms with van der Waals surface area (Å²) in [5.41, 5.74) is 6.51. The van der Waals surface area contributed by atoms with E-state index < -0.39 is 6.04 Å². The first kappa shape index (κ1) is 17.5. The number of hydrogen-bond donors (Lipinski definition) is 2. The molecule has 0 saturated heterocycles. The van der Waals surface area contributed by atoms with Gasteiger partial charge in [0.25, 0.3) is 0 Å². The third-order valence-electron chi connectivity index (χ3n) is 3.45. The van der Waals surface area contributed by atoms with Crippen molar-refractivity contribution in [1.29, 1.82) is 0 Å². The Hall–Kier alpha value is -1.52. The van der Waals surface area contributed by atoms with Crippen LogP contribution < -0.4 is 11.1 Å². The van der Waals surface area contributed by atoms with Crippen molar-refractivity contribution in [2.24, 2.45) is 11.1 Å². The van der Waals surface area contributed by atoms with Gasteiger partial charge in [-0.15, -0.1) is 12.4 Å². The molecule has 2 atom stereocenters. The monoisotopic (exact) mass is 310 g/mol. The predicted octanol–water partition coefficient (Wildman–Crippen LogP) is 3.41. The van der Waals surface area contributed by atoms with Gasteiger partial charge in [-0.25, -0.2) is 0 Å². The lowest BCUT2D eigenvalue weighted by atomic mass is 9.87. The molecule has 0 saturated carbocycles. The molecule has 0 fully saturated rings. The molecule has 2 aromatic rings. The van der Waals surface area contributed by atoms with Crippen LogP contribution in [0.25, 0.3) is 11.0 Å². The molecule has 5 heteroatoms. The normalized spacial score (nSPS) is 14.3. The molecule has 1 aromatic carbocycles. The van der Waals surface area contributed by atoms with Crippen LogP contribution in [0.2, 0.25) is 0 Å².